The van der Waals surface area contributed by atoms with Crippen molar-refractivity contribution < 1.29 is 4.79 Å². The highest BCUT2D eigenvalue weighted by atomic mass is 16.1. The van der Waals surface area contributed by atoms with Gasteiger partial charge in [-0.05, 0) is 32.1 Å². The van der Waals surface area contributed by atoms with E-state index in [1.54, 1.807) is 18.3 Å². The number of nitrogens with zero attached hydrogens (tertiary/aromatic N) is 3. The van der Waals surface area contributed by atoms with Gasteiger partial charge in [0.2, 0.25) is 5.91 Å². The van der Waals surface area contributed by atoms with Gasteiger partial charge in [0.1, 0.15) is 0 Å². The fourth-order valence-corrected chi connectivity index (χ4v) is 1.12. The first-order chi connectivity index (χ1) is 8.61. The first-order valence-corrected chi connectivity index (χ1v) is 5.53. The van der Waals surface area contributed by atoms with E-state index in [1.165, 1.54) is 6.08 Å². The van der Waals surface area contributed by atoms with Gasteiger partial charge in [-0.3, -0.25) is 9.78 Å². The molecule has 0 saturated carbocycles. The van der Waals surface area contributed by atoms with Gasteiger partial charge in [0.25, 0.3) is 0 Å². The summed E-state index contributed by atoms with van der Waals surface area (Å²) in [6.45, 7) is 7.21. The van der Waals surface area contributed by atoms with Crippen molar-refractivity contribution in [2.24, 2.45) is 10.2 Å². The molecule has 5 heteroatoms. The van der Waals surface area contributed by atoms with Crippen LogP contribution in [0.1, 0.15) is 19.5 Å². The van der Waals surface area contributed by atoms with Crippen LogP contribution in [0, 0.1) is 0 Å². The SMILES string of the molecule is C=C/C(=N\N=C(C)C)NC(=O)Cc1ccccn1. The Labute approximate surface area is 106 Å². The molecule has 0 unspecified atom stereocenters. The van der Waals surface area contributed by atoms with Crippen molar-refractivity contribution in [1.82, 2.24) is 10.3 Å². The molecule has 0 aromatic carbocycles. The van der Waals surface area contributed by atoms with E-state index < -0.39 is 0 Å². The number of hydrogen-bond donors (Lipinski definition) is 1. The monoisotopic (exact) mass is 244 g/mol. The number of hydrogen-bond acceptors (Lipinski definition) is 4. The topological polar surface area (TPSA) is 66.7 Å². The quantitative estimate of drug-likeness (QED) is 0.498. The molecule has 94 valence electrons. The van der Waals surface area contributed by atoms with Crippen LogP contribution in [0.4, 0.5) is 0 Å². The summed E-state index contributed by atoms with van der Waals surface area (Å²) < 4.78 is 0. The maximum Gasteiger partial charge on any atom is 0.231 e. The maximum atomic E-state index is 11.7. The van der Waals surface area contributed by atoms with Gasteiger partial charge in [-0.25, -0.2) is 0 Å². The summed E-state index contributed by atoms with van der Waals surface area (Å²) in [5, 5.41) is 10.3. The highest BCUT2D eigenvalue weighted by Gasteiger charge is 2.05. The highest BCUT2D eigenvalue weighted by Crippen LogP contribution is 1.94. The van der Waals surface area contributed by atoms with Crippen molar-refractivity contribution in [3.8, 4) is 0 Å². The summed E-state index contributed by atoms with van der Waals surface area (Å²) in [5.41, 5.74) is 1.50. The normalized spacial score (nSPS) is 10.7. The summed E-state index contributed by atoms with van der Waals surface area (Å²) in [5.74, 6) is 0.133. The second-order valence-corrected chi connectivity index (χ2v) is 3.78. The molecule has 5 nitrogen and oxygen atoms in total. The smallest absolute Gasteiger partial charge is 0.231 e. The van der Waals surface area contributed by atoms with E-state index in [4.69, 9.17) is 0 Å². The van der Waals surface area contributed by atoms with Crippen molar-refractivity contribution in [2.45, 2.75) is 20.3 Å². The van der Waals surface area contributed by atoms with Crippen molar-refractivity contribution in [3.63, 3.8) is 0 Å². The van der Waals surface area contributed by atoms with Crippen LogP contribution in [0.2, 0.25) is 0 Å². The Morgan fingerprint density at radius 3 is 2.78 bits per heavy atom. The number of aromatic nitrogens is 1. The van der Waals surface area contributed by atoms with Crippen molar-refractivity contribution in [2.75, 3.05) is 0 Å². The van der Waals surface area contributed by atoms with Crippen LogP contribution in [0.3, 0.4) is 0 Å². The molecule has 1 N–H and O–H groups in total. The Hall–Kier alpha value is -2.30. The molecule has 1 aromatic heterocycles. The minimum Gasteiger partial charge on any atom is -0.309 e. The van der Waals surface area contributed by atoms with Gasteiger partial charge in [0, 0.05) is 17.6 Å². The predicted octanol–water partition coefficient (Wildman–Crippen LogP) is 1.72. The molecule has 1 aromatic rings. The molecule has 0 spiro atoms. The average molecular weight is 244 g/mol. The maximum absolute atomic E-state index is 11.7. The van der Waals surface area contributed by atoms with Gasteiger partial charge in [-0.1, -0.05) is 12.6 Å². The van der Waals surface area contributed by atoms with Crippen LogP contribution < -0.4 is 5.32 Å². The van der Waals surface area contributed by atoms with Gasteiger partial charge in [-0.2, -0.15) is 5.10 Å². The Morgan fingerprint density at radius 2 is 2.22 bits per heavy atom. The Morgan fingerprint density at radius 1 is 1.44 bits per heavy atom. The summed E-state index contributed by atoms with van der Waals surface area (Å²) in [6, 6.07) is 5.43. The summed E-state index contributed by atoms with van der Waals surface area (Å²) in [4.78, 5) is 15.8. The minimum atomic E-state index is -0.198. The second kappa shape index (κ2) is 7.11. The van der Waals surface area contributed by atoms with E-state index >= 15 is 0 Å². The molecule has 0 saturated heterocycles. The lowest BCUT2D eigenvalue weighted by Crippen LogP contribution is -2.30. The molecular weight excluding hydrogens is 228 g/mol. The zero-order valence-corrected chi connectivity index (χ0v) is 10.6. The van der Waals surface area contributed by atoms with Crippen LogP contribution >= 0.6 is 0 Å². The lowest BCUT2D eigenvalue weighted by atomic mass is 10.2. The molecule has 0 fully saturated rings. The lowest BCUT2D eigenvalue weighted by Gasteiger charge is -2.03. The van der Waals surface area contributed by atoms with Gasteiger partial charge >= 0.3 is 0 Å². The minimum absolute atomic E-state index is 0.197. The van der Waals surface area contributed by atoms with E-state index in [0.29, 0.717) is 11.5 Å². The van der Waals surface area contributed by atoms with E-state index in [1.807, 2.05) is 19.9 Å². The van der Waals surface area contributed by atoms with Crippen LogP contribution in [-0.2, 0) is 11.2 Å². The molecule has 0 atom stereocenters. The molecule has 1 amide bonds. The van der Waals surface area contributed by atoms with Crippen molar-refractivity contribution in [1.29, 1.82) is 0 Å². The van der Waals surface area contributed by atoms with E-state index in [-0.39, 0.29) is 12.3 Å². The Kier molecular flexibility index (Phi) is 5.44. The van der Waals surface area contributed by atoms with E-state index in [0.717, 1.165) is 5.71 Å². The van der Waals surface area contributed by atoms with Crippen LogP contribution in [0.15, 0.2) is 47.3 Å². The van der Waals surface area contributed by atoms with Crippen molar-refractivity contribution in [3.05, 3.63) is 42.7 Å². The molecule has 1 heterocycles. The zero-order valence-electron chi connectivity index (χ0n) is 10.6. The van der Waals surface area contributed by atoms with Gasteiger partial charge in [0.15, 0.2) is 5.84 Å². The number of amides is 1. The molecule has 0 radical (unpaired) electrons. The number of rotatable bonds is 4. The number of amidine groups is 1. The van der Waals surface area contributed by atoms with E-state index in [2.05, 4.69) is 27.1 Å². The average Bonchev–Trinajstić information content (AvgIpc) is 2.35. The van der Waals surface area contributed by atoms with Crippen LogP contribution in [0.5, 0.6) is 0 Å². The Bertz CT molecular complexity index is 473. The summed E-state index contributed by atoms with van der Waals surface area (Å²) in [7, 11) is 0. The molecule has 18 heavy (non-hydrogen) atoms. The Balaban J connectivity index is 2.61. The fraction of sp³-hybridized carbons (Fsp3) is 0.231. The first-order valence-electron chi connectivity index (χ1n) is 5.53. The van der Waals surface area contributed by atoms with Crippen LogP contribution in [0.25, 0.3) is 0 Å². The van der Waals surface area contributed by atoms with Gasteiger partial charge in [-0.15, -0.1) is 5.10 Å². The predicted molar refractivity (Wildman–Crippen MR) is 72.5 cm³/mol. The molecule has 1 rings (SSSR count). The van der Waals surface area contributed by atoms with E-state index in [9.17, 15) is 4.79 Å². The molecule has 0 aliphatic heterocycles. The summed E-state index contributed by atoms with van der Waals surface area (Å²) in [6.07, 6.45) is 3.29. The molecule has 0 aliphatic carbocycles. The first kappa shape index (κ1) is 13.8. The third-order valence-corrected chi connectivity index (χ3v) is 1.89. The van der Waals surface area contributed by atoms with Gasteiger partial charge < -0.3 is 5.32 Å². The standard InChI is InChI=1S/C13H16N4O/c1-4-12(17-16-10(2)3)15-13(18)9-11-7-5-6-8-14-11/h4-8H,1,9H2,2-3H3,(H,15,17,18). The zero-order chi connectivity index (χ0) is 13.4. The van der Waals surface area contributed by atoms with Gasteiger partial charge in [0.05, 0.1) is 6.42 Å². The third kappa shape index (κ3) is 5.16. The van der Waals surface area contributed by atoms with Crippen LogP contribution in [-0.4, -0.2) is 22.4 Å². The number of carbonyl (C=O) groups excluding carboxylic acids is 1. The highest BCUT2D eigenvalue weighted by molar-refractivity contribution is 6.04. The number of pyridine rings is 1. The summed E-state index contributed by atoms with van der Waals surface area (Å²) >= 11 is 0. The third-order valence-electron chi connectivity index (χ3n) is 1.89. The fourth-order valence-electron chi connectivity index (χ4n) is 1.12. The lowest BCUT2D eigenvalue weighted by molar-refractivity contribution is -0.119. The number of nitrogens with one attached hydrogen (secondary N) is 1. The second-order valence-electron chi connectivity index (χ2n) is 3.78. The van der Waals surface area contributed by atoms with Crippen molar-refractivity contribution >= 4 is 17.5 Å². The molecule has 0 aliphatic rings. The number of carbonyl (C=O) groups is 1. The molecule has 0 bridgehead atoms. The largest absolute Gasteiger partial charge is 0.309 e. The molecular formula is C13H16N4O.